The Balaban J connectivity index is 1.59. The average molecular weight is 307 g/mol. The van der Waals surface area contributed by atoms with Gasteiger partial charge in [-0.15, -0.1) is 0 Å². The van der Waals surface area contributed by atoms with E-state index in [9.17, 15) is 14.4 Å². The molecule has 7 heteroatoms. The lowest BCUT2D eigenvalue weighted by Gasteiger charge is -2.13. The molecule has 0 spiro atoms. The maximum Gasteiger partial charge on any atom is 0.314 e. The third kappa shape index (κ3) is 4.78. The van der Waals surface area contributed by atoms with E-state index in [2.05, 4.69) is 10.6 Å². The second kappa shape index (κ2) is 7.68. The van der Waals surface area contributed by atoms with Crippen LogP contribution in [-0.2, 0) is 11.2 Å². The first kappa shape index (κ1) is 15.4. The van der Waals surface area contributed by atoms with Gasteiger partial charge in [-0.25, -0.2) is 4.79 Å². The molecule has 1 heterocycles. The highest BCUT2D eigenvalue weighted by Gasteiger charge is 2.29. The maximum absolute atomic E-state index is 11.6. The highest BCUT2D eigenvalue weighted by molar-refractivity contribution is 8.14. The summed E-state index contributed by atoms with van der Waals surface area (Å²) in [4.78, 5) is 35.4. The first-order chi connectivity index (χ1) is 10.2. The summed E-state index contributed by atoms with van der Waals surface area (Å²) in [5.74, 6) is -0.00135. The van der Waals surface area contributed by atoms with Crippen LogP contribution in [0, 0.1) is 0 Å². The Morgan fingerprint density at radius 3 is 2.52 bits per heavy atom. The van der Waals surface area contributed by atoms with Crippen LogP contribution < -0.4 is 10.6 Å². The molecule has 4 amide bonds. The van der Waals surface area contributed by atoms with Crippen LogP contribution in [0.3, 0.4) is 0 Å². The van der Waals surface area contributed by atoms with E-state index in [1.54, 1.807) is 0 Å². The molecule has 0 atom stereocenters. The molecule has 0 aliphatic carbocycles. The standard InChI is InChI=1S/C14H17N3O3S/c18-12-10-21-14(20)17(12)9-8-16-13(19)15-7-6-11-4-2-1-3-5-11/h1-5H,6-10H2,(H2,15,16,19). The summed E-state index contributed by atoms with van der Waals surface area (Å²) in [6.45, 7) is 1.01. The van der Waals surface area contributed by atoms with Gasteiger partial charge in [0, 0.05) is 19.6 Å². The van der Waals surface area contributed by atoms with Crippen molar-refractivity contribution in [1.82, 2.24) is 15.5 Å². The quantitative estimate of drug-likeness (QED) is 0.828. The Bertz CT molecular complexity index is 505. The van der Waals surface area contributed by atoms with Crippen molar-refractivity contribution in [3.05, 3.63) is 35.9 Å². The molecule has 0 bridgehead atoms. The molecule has 112 valence electrons. The molecule has 6 nitrogen and oxygen atoms in total. The van der Waals surface area contributed by atoms with Crippen LogP contribution >= 0.6 is 11.8 Å². The third-order valence-electron chi connectivity index (χ3n) is 3.00. The first-order valence-electron chi connectivity index (χ1n) is 6.69. The van der Waals surface area contributed by atoms with Crippen molar-refractivity contribution in [2.24, 2.45) is 0 Å². The number of imide groups is 1. The molecule has 0 aromatic heterocycles. The summed E-state index contributed by atoms with van der Waals surface area (Å²) in [6.07, 6.45) is 0.758. The molecular formula is C14H17N3O3S. The number of urea groups is 1. The highest BCUT2D eigenvalue weighted by Crippen LogP contribution is 2.17. The normalized spacial score (nSPS) is 14.4. The summed E-state index contributed by atoms with van der Waals surface area (Å²) in [6, 6.07) is 9.57. The van der Waals surface area contributed by atoms with Crippen LogP contribution in [-0.4, -0.2) is 47.5 Å². The molecule has 1 aromatic carbocycles. The molecule has 2 rings (SSSR count). The van der Waals surface area contributed by atoms with E-state index in [-0.39, 0.29) is 36.0 Å². The SMILES string of the molecule is O=C(NCCc1ccccc1)NCCN1C(=O)CSC1=O. The zero-order valence-electron chi connectivity index (χ0n) is 11.5. The number of nitrogens with zero attached hydrogens (tertiary/aromatic N) is 1. The van der Waals surface area contributed by atoms with Crippen molar-refractivity contribution >= 4 is 28.9 Å². The smallest absolute Gasteiger partial charge is 0.314 e. The van der Waals surface area contributed by atoms with Crippen molar-refractivity contribution in [1.29, 1.82) is 0 Å². The van der Waals surface area contributed by atoms with Crippen LogP contribution in [0.1, 0.15) is 5.56 Å². The zero-order chi connectivity index (χ0) is 15.1. The predicted octanol–water partition coefficient (Wildman–Crippen LogP) is 1.22. The van der Waals surface area contributed by atoms with Gasteiger partial charge in [0.25, 0.3) is 5.24 Å². The lowest BCUT2D eigenvalue weighted by Crippen LogP contribution is -2.42. The zero-order valence-corrected chi connectivity index (χ0v) is 12.3. The molecule has 1 aromatic rings. The Labute approximate surface area is 127 Å². The molecule has 1 saturated heterocycles. The van der Waals surface area contributed by atoms with Gasteiger partial charge in [0.1, 0.15) is 0 Å². The Morgan fingerprint density at radius 1 is 1.14 bits per heavy atom. The minimum atomic E-state index is -0.294. The number of carbonyl (C=O) groups excluding carboxylic acids is 3. The lowest BCUT2D eigenvalue weighted by atomic mass is 10.1. The molecule has 2 N–H and O–H groups in total. The Kier molecular flexibility index (Phi) is 5.62. The van der Waals surface area contributed by atoms with Crippen molar-refractivity contribution in [3.8, 4) is 0 Å². The number of hydrogen-bond acceptors (Lipinski definition) is 4. The fourth-order valence-corrected chi connectivity index (χ4v) is 2.66. The molecule has 1 fully saturated rings. The molecule has 21 heavy (non-hydrogen) atoms. The molecule has 1 aliphatic heterocycles. The van der Waals surface area contributed by atoms with Crippen LogP contribution in [0.5, 0.6) is 0 Å². The topological polar surface area (TPSA) is 78.5 Å². The number of nitrogens with one attached hydrogen (secondary N) is 2. The highest BCUT2D eigenvalue weighted by atomic mass is 32.2. The molecule has 0 radical (unpaired) electrons. The summed E-state index contributed by atoms with van der Waals surface area (Å²) in [7, 11) is 0. The van der Waals surface area contributed by atoms with Gasteiger partial charge < -0.3 is 10.6 Å². The number of hydrogen-bond donors (Lipinski definition) is 2. The fourth-order valence-electron chi connectivity index (χ4n) is 1.91. The monoisotopic (exact) mass is 307 g/mol. The van der Waals surface area contributed by atoms with Gasteiger partial charge in [0.2, 0.25) is 5.91 Å². The van der Waals surface area contributed by atoms with Gasteiger partial charge in [0.15, 0.2) is 0 Å². The van der Waals surface area contributed by atoms with Gasteiger partial charge in [-0.1, -0.05) is 42.1 Å². The fraction of sp³-hybridized carbons (Fsp3) is 0.357. The summed E-state index contributed by atoms with van der Waals surface area (Å²) >= 11 is 0.993. The Morgan fingerprint density at radius 2 is 1.86 bits per heavy atom. The van der Waals surface area contributed by atoms with Gasteiger partial charge in [-0.2, -0.15) is 0 Å². The van der Waals surface area contributed by atoms with E-state index in [1.807, 2.05) is 30.3 Å². The van der Waals surface area contributed by atoms with Gasteiger partial charge in [-0.05, 0) is 12.0 Å². The van der Waals surface area contributed by atoms with E-state index < -0.39 is 0 Å². The van der Waals surface area contributed by atoms with E-state index in [0.29, 0.717) is 6.54 Å². The molecule has 0 saturated carbocycles. The van der Waals surface area contributed by atoms with Crippen molar-refractivity contribution in [2.45, 2.75) is 6.42 Å². The van der Waals surface area contributed by atoms with Crippen molar-refractivity contribution < 1.29 is 14.4 Å². The minimum absolute atomic E-state index is 0.197. The minimum Gasteiger partial charge on any atom is -0.338 e. The molecular weight excluding hydrogens is 290 g/mol. The van der Waals surface area contributed by atoms with Crippen LogP contribution in [0.25, 0.3) is 0 Å². The van der Waals surface area contributed by atoms with Crippen molar-refractivity contribution in [2.75, 3.05) is 25.4 Å². The second-order valence-corrected chi connectivity index (χ2v) is 5.44. The summed E-state index contributed by atoms with van der Waals surface area (Å²) in [5, 5.41) is 5.12. The number of amides is 4. The number of carbonyl (C=O) groups is 3. The van der Waals surface area contributed by atoms with E-state index in [4.69, 9.17) is 0 Å². The largest absolute Gasteiger partial charge is 0.338 e. The second-order valence-electron chi connectivity index (χ2n) is 4.52. The van der Waals surface area contributed by atoms with Crippen molar-refractivity contribution in [3.63, 3.8) is 0 Å². The van der Waals surface area contributed by atoms with Gasteiger partial charge in [-0.3, -0.25) is 14.5 Å². The van der Waals surface area contributed by atoms with Crippen LogP contribution in [0.15, 0.2) is 30.3 Å². The van der Waals surface area contributed by atoms with Gasteiger partial charge >= 0.3 is 6.03 Å². The Hall–Kier alpha value is -2.02. The van der Waals surface area contributed by atoms with Gasteiger partial charge in [0.05, 0.1) is 5.75 Å². The predicted molar refractivity (Wildman–Crippen MR) is 81.1 cm³/mol. The molecule has 1 aliphatic rings. The average Bonchev–Trinajstić information content (AvgIpc) is 2.80. The number of thioether (sulfide) groups is 1. The van der Waals surface area contributed by atoms with E-state index >= 15 is 0 Å². The van der Waals surface area contributed by atoms with E-state index in [1.165, 1.54) is 0 Å². The molecule has 0 unspecified atom stereocenters. The number of benzene rings is 1. The van der Waals surface area contributed by atoms with Crippen LogP contribution in [0.4, 0.5) is 9.59 Å². The third-order valence-corrected chi connectivity index (χ3v) is 3.86. The number of rotatable bonds is 6. The first-order valence-corrected chi connectivity index (χ1v) is 7.68. The van der Waals surface area contributed by atoms with E-state index in [0.717, 1.165) is 28.6 Å². The summed E-state index contributed by atoms with van der Waals surface area (Å²) in [5.41, 5.74) is 1.16. The summed E-state index contributed by atoms with van der Waals surface area (Å²) < 4.78 is 0. The lowest BCUT2D eigenvalue weighted by molar-refractivity contribution is -0.124. The maximum atomic E-state index is 11.6. The van der Waals surface area contributed by atoms with Crippen LogP contribution in [0.2, 0.25) is 0 Å².